The molecule has 1 heterocycles. The molecule has 0 aliphatic carbocycles. The number of amides is 2. The van der Waals surface area contributed by atoms with Crippen LogP contribution in [0.15, 0.2) is 36.7 Å². The Balaban J connectivity index is 2.04. The third kappa shape index (κ3) is 5.10. The van der Waals surface area contributed by atoms with Gasteiger partial charge in [0.25, 0.3) is 0 Å². The van der Waals surface area contributed by atoms with E-state index < -0.39 is 11.8 Å². The molecule has 27 heavy (non-hydrogen) atoms. The molecule has 0 radical (unpaired) electrons. The Morgan fingerprint density at radius 2 is 1.63 bits per heavy atom. The first-order valence-electron chi connectivity index (χ1n) is 8.25. The molecule has 1 aromatic heterocycles. The Kier molecular flexibility index (Phi) is 6.99. The standard InChI is InChI=1S/C19H23N3O5/c1-22(10-7-13-5-8-20-9-6-13)19(24)18(23)21-14-11-15(25-2)17(27-4)16(12-14)26-3/h5-6,8-9,11-12H,7,10H2,1-4H3,(H,21,23). The van der Waals surface area contributed by atoms with Crippen LogP contribution in [0.2, 0.25) is 0 Å². The highest BCUT2D eigenvalue weighted by molar-refractivity contribution is 6.39. The SMILES string of the molecule is COc1cc(NC(=O)C(=O)N(C)CCc2ccncc2)cc(OC)c1OC. The van der Waals surface area contributed by atoms with Crippen molar-refractivity contribution in [2.75, 3.05) is 40.2 Å². The lowest BCUT2D eigenvalue weighted by atomic mass is 10.2. The average molecular weight is 373 g/mol. The summed E-state index contributed by atoms with van der Waals surface area (Å²) >= 11 is 0. The summed E-state index contributed by atoms with van der Waals surface area (Å²) in [5.41, 5.74) is 1.40. The van der Waals surface area contributed by atoms with E-state index in [0.29, 0.717) is 35.9 Å². The molecule has 0 bridgehead atoms. The number of rotatable bonds is 7. The average Bonchev–Trinajstić information content (AvgIpc) is 2.71. The lowest BCUT2D eigenvalue weighted by Crippen LogP contribution is -2.38. The van der Waals surface area contributed by atoms with Gasteiger partial charge in [-0.25, -0.2) is 0 Å². The van der Waals surface area contributed by atoms with Crippen molar-refractivity contribution < 1.29 is 23.8 Å². The van der Waals surface area contributed by atoms with Crippen LogP contribution in [0, 0.1) is 0 Å². The Morgan fingerprint density at radius 1 is 1.04 bits per heavy atom. The number of anilines is 1. The number of carbonyl (C=O) groups excluding carboxylic acids is 2. The molecule has 2 amide bonds. The van der Waals surface area contributed by atoms with E-state index in [1.54, 1.807) is 31.6 Å². The van der Waals surface area contributed by atoms with E-state index >= 15 is 0 Å². The number of hydrogen-bond donors (Lipinski definition) is 1. The van der Waals surface area contributed by atoms with Gasteiger partial charge in [0.1, 0.15) is 0 Å². The molecular weight excluding hydrogens is 350 g/mol. The zero-order valence-electron chi connectivity index (χ0n) is 15.8. The van der Waals surface area contributed by atoms with Crippen LogP contribution in [-0.2, 0) is 16.0 Å². The van der Waals surface area contributed by atoms with Crippen molar-refractivity contribution in [3.05, 3.63) is 42.2 Å². The molecule has 144 valence electrons. The maximum Gasteiger partial charge on any atom is 0.313 e. The molecular formula is C19H23N3O5. The predicted molar refractivity (Wildman–Crippen MR) is 100 cm³/mol. The number of benzene rings is 1. The van der Waals surface area contributed by atoms with Gasteiger partial charge in [0.15, 0.2) is 11.5 Å². The number of carbonyl (C=O) groups is 2. The predicted octanol–water partition coefficient (Wildman–Crippen LogP) is 1.75. The highest BCUT2D eigenvalue weighted by atomic mass is 16.5. The highest BCUT2D eigenvalue weighted by Gasteiger charge is 2.20. The summed E-state index contributed by atoms with van der Waals surface area (Å²) in [6.07, 6.45) is 4.00. The number of nitrogens with zero attached hydrogens (tertiary/aromatic N) is 2. The van der Waals surface area contributed by atoms with Gasteiger partial charge in [-0.05, 0) is 24.1 Å². The summed E-state index contributed by atoms with van der Waals surface area (Å²) in [5.74, 6) is -0.227. The Hall–Kier alpha value is -3.29. The quantitative estimate of drug-likeness (QED) is 0.744. The molecule has 0 saturated heterocycles. The molecule has 0 aliphatic rings. The summed E-state index contributed by atoms with van der Waals surface area (Å²) in [5, 5.41) is 2.57. The molecule has 0 fully saturated rings. The number of hydrogen-bond acceptors (Lipinski definition) is 6. The van der Waals surface area contributed by atoms with E-state index in [-0.39, 0.29) is 0 Å². The van der Waals surface area contributed by atoms with Gasteiger partial charge in [0.2, 0.25) is 5.75 Å². The highest BCUT2D eigenvalue weighted by Crippen LogP contribution is 2.39. The van der Waals surface area contributed by atoms with E-state index in [0.717, 1.165) is 5.56 Å². The molecule has 0 spiro atoms. The molecule has 0 atom stereocenters. The number of ether oxygens (including phenoxy) is 3. The molecule has 0 aliphatic heterocycles. The zero-order chi connectivity index (χ0) is 19.8. The minimum absolute atomic E-state index is 0.366. The summed E-state index contributed by atoms with van der Waals surface area (Å²) in [6, 6.07) is 6.86. The van der Waals surface area contributed by atoms with Crippen LogP contribution < -0.4 is 19.5 Å². The van der Waals surface area contributed by atoms with Gasteiger partial charge in [0, 0.05) is 43.8 Å². The van der Waals surface area contributed by atoms with E-state index in [1.807, 2.05) is 12.1 Å². The van der Waals surface area contributed by atoms with Crippen molar-refractivity contribution in [3.63, 3.8) is 0 Å². The van der Waals surface area contributed by atoms with Crippen LogP contribution in [0.3, 0.4) is 0 Å². The lowest BCUT2D eigenvalue weighted by Gasteiger charge is -2.18. The van der Waals surface area contributed by atoms with Gasteiger partial charge < -0.3 is 24.4 Å². The van der Waals surface area contributed by atoms with Gasteiger partial charge in [0.05, 0.1) is 21.3 Å². The van der Waals surface area contributed by atoms with Gasteiger partial charge in [-0.2, -0.15) is 0 Å². The van der Waals surface area contributed by atoms with Crippen molar-refractivity contribution in [2.24, 2.45) is 0 Å². The van der Waals surface area contributed by atoms with Crippen LogP contribution in [-0.4, -0.2) is 56.6 Å². The molecule has 2 aromatic rings. The van der Waals surface area contributed by atoms with Gasteiger partial charge in [-0.3, -0.25) is 14.6 Å². The van der Waals surface area contributed by atoms with Crippen molar-refractivity contribution in [2.45, 2.75) is 6.42 Å². The van der Waals surface area contributed by atoms with Crippen molar-refractivity contribution in [3.8, 4) is 17.2 Å². The first-order chi connectivity index (χ1) is 13.0. The van der Waals surface area contributed by atoms with Crippen molar-refractivity contribution >= 4 is 17.5 Å². The molecule has 0 saturated carbocycles. The van der Waals surface area contributed by atoms with E-state index in [4.69, 9.17) is 14.2 Å². The summed E-state index contributed by atoms with van der Waals surface area (Å²) in [4.78, 5) is 29.9. The van der Waals surface area contributed by atoms with Crippen molar-refractivity contribution in [1.29, 1.82) is 0 Å². The number of pyridine rings is 1. The van der Waals surface area contributed by atoms with Crippen LogP contribution in [0.25, 0.3) is 0 Å². The van der Waals surface area contributed by atoms with E-state index in [2.05, 4.69) is 10.3 Å². The van der Waals surface area contributed by atoms with Gasteiger partial charge >= 0.3 is 11.8 Å². The van der Waals surface area contributed by atoms with E-state index in [1.165, 1.54) is 26.2 Å². The second-order valence-corrected chi connectivity index (χ2v) is 5.70. The smallest absolute Gasteiger partial charge is 0.313 e. The van der Waals surface area contributed by atoms with E-state index in [9.17, 15) is 9.59 Å². The molecule has 0 unspecified atom stereocenters. The number of methoxy groups -OCH3 is 3. The number of nitrogens with one attached hydrogen (secondary N) is 1. The minimum Gasteiger partial charge on any atom is -0.493 e. The Labute approximate surface area is 158 Å². The van der Waals surface area contributed by atoms with Crippen LogP contribution in [0.1, 0.15) is 5.56 Å². The first-order valence-corrected chi connectivity index (χ1v) is 8.25. The monoisotopic (exact) mass is 373 g/mol. The maximum absolute atomic E-state index is 12.3. The Morgan fingerprint density at radius 3 is 2.15 bits per heavy atom. The maximum atomic E-state index is 12.3. The third-order valence-electron chi connectivity index (χ3n) is 3.95. The fraction of sp³-hybridized carbons (Fsp3) is 0.316. The zero-order valence-corrected chi connectivity index (χ0v) is 15.8. The second-order valence-electron chi connectivity index (χ2n) is 5.70. The second kappa shape index (κ2) is 9.42. The molecule has 2 rings (SSSR count). The summed E-state index contributed by atoms with van der Waals surface area (Å²) < 4.78 is 15.7. The molecule has 8 heteroatoms. The fourth-order valence-electron chi connectivity index (χ4n) is 2.46. The van der Waals surface area contributed by atoms with Crippen LogP contribution in [0.5, 0.6) is 17.2 Å². The Bertz CT molecular complexity index is 770. The number of aromatic nitrogens is 1. The van der Waals surface area contributed by atoms with Gasteiger partial charge in [-0.15, -0.1) is 0 Å². The third-order valence-corrected chi connectivity index (χ3v) is 3.95. The lowest BCUT2D eigenvalue weighted by molar-refractivity contribution is -0.142. The minimum atomic E-state index is -0.749. The summed E-state index contributed by atoms with van der Waals surface area (Å²) in [6.45, 7) is 0.408. The van der Waals surface area contributed by atoms with Crippen molar-refractivity contribution in [1.82, 2.24) is 9.88 Å². The molecule has 1 aromatic carbocycles. The normalized spacial score (nSPS) is 10.1. The number of likely N-dealkylation sites (N-methyl/N-ethyl adjacent to an activating group) is 1. The largest absolute Gasteiger partial charge is 0.493 e. The van der Waals surface area contributed by atoms with Gasteiger partial charge in [-0.1, -0.05) is 0 Å². The topological polar surface area (TPSA) is 90.0 Å². The van der Waals surface area contributed by atoms with Crippen LogP contribution >= 0.6 is 0 Å². The molecule has 1 N–H and O–H groups in total. The van der Waals surface area contributed by atoms with Crippen LogP contribution in [0.4, 0.5) is 5.69 Å². The molecule has 8 nitrogen and oxygen atoms in total. The summed E-state index contributed by atoms with van der Waals surface area (Å²) in [7, 11) is 6.01. The first kappa shape index (κ1) is 20.0. The fourth-order valence-corrected chi connectivity index (χ4v) is 2.46.